The highest BCUT2D eigenvalue weighted by molar-refractivity contribution is 7.26. The van der Waals surface area contributed by atoms with Crippen molar-refractivity contribution in [3.8, 4) is 46.0 Å². The molecule has 0 aliphatic carbocycles. The largest absolute Gasteiger partial charge is 0.306 e. The number of benzene rings is 11. The van der Waals surface area contributed by atoms with E-state index in [1.165, 1.54) is 0 Å². The number of thiophene rings is 1. The second kappa shape index (κ2) is 18.5. The summed E-state index contributed by atoms with van der Waals surface area (Å²) in [6.07, 6.45) is 0. The van der Waals surface area contributed by atoms with Crippen LogP contribution in [-0.4, -0.2) is 18.3 Å². The number of hydrogen-bond donors (Lipinski definition) is 0. The Bertz CT molecular complexity index is 5750. The number of fused-ring (bicyclic) bond motifs is 17. The van der Waals surface area contributed by atoms with E-state index in [2.05, 4.69) is 255 Å². The Morgan fingerprint density at radius 2 is 0.659 bits per heavy atom. The summed E-state index contributed by atoms with van der Waals surface area (Å²) in [5.74, 6) is 0. The van der Waals surface area contributed by atoms with E-state index >= 15 is 0 Å². The monoisotopic (exact) mass is 1100 g/mol. The van der Waals surface area contributed by atoms with Crippen LogP contribution >= 0.6 is 11.3 Å². The Kier molecular flexibility index (Phi) is 10.5. The van der Waals surface area contributed by atoms with E-state index in [0.717, 1.165) is 140 Å². The topological polar surface area (TPSA) is 67.3 Å². The van der Waals surface area contributed by atoms with Crippen LogP contribution in [0, 0.1) is 22.7 Å². The van der Waals surface area contributed by atoms with Crippen molar-refractivity contribution in [2.24, 2.45) is 0 Å². The van der Waals surface area contributed by atoms with E-state index in [9.17, 15) is 10.5 Å². The van der Waals surface area contributed by atoms with Crippen LogP contribution in [0.25, 0.3) is 165 Å². The molecule has 0 aliphatic heterocycles. The predicted octanol–water partition coefficient (Wildman–Crippen LogP) is 19.0. The number of nitriles is 2. The van der Waals surface area contributed by atoms with Crippen molar-refractivity contribution in [3.63, 3.8) is 0 Å². The van der Waals surface area contributed by atoms with Gasteiger partial charge in [-0.05, 0) is 80.9 Å². The van der Waals surface area contributed by atoms with Gasteiger partial charge in [-0.1, -0.05) is 219 Å². The maximum atomic E-state index is 12.8. The summed E-state index contributed by atoms with van der Waals surface area (Å²) in [7, 11) is 0. The Balaban J connectivity index is 1.20. The summed E-state index contributed by atoms with van der Waals surface area (Å²) < 4.78 is 11.5. The first-order valence-corrected chi connectivity index (χ1v) is 29.2. The van der Waals surface area contributed by atoms with Gasteiger partial charge in [0.2, 0.25) is 0 Å². The van der Waals surface area contributed by atoms with Gasteiger partial charge in [0, 0.05) is 58.6 Å². The Labute approximate surface area is 490 Å². The highest BCUT2D eigenvalue weighted by atomic mass is 32.1. The number of hydrogen-bond acceptors (Lipinski definition) is 3. The average molecular weight is 1100 g/mol. The molecule has 85 heavy (non-hydrogen) atoms. The van der Waals surface area contributed by atoms with Crippen molar-refractivity contribution < 1.29 is 0 Å². The van der Waals surface area contributed by atoms with Gasteiger partial charge in [-0.3, -0.25) is 0 Å². The van der Waals surface area contributed by atoms with E-state index in [0.29, 0.717) is 33.9 Å². The minimum absolute atomic E-state index is 0.351. The van der Waals surface area contributed by atoms with E-state index in [-0.39, 0.29) is 0 Å². The maximum absolute atomic E-state index is 12.8. The van der Waals surface area contributed by atoms with Gasteiger partial charge < -0.3 is 18.3 Å². The first-order valence-electron chi connectivity index (χ1n) is 28.4. The maximum Gasteiger partial charge on any atom is 0.104 e. The standard InChI is InChI=1S/C78H46N6S/c1-47-23-5-3-4-6-24-48(2)71-49(47)32-21-33-57(71)58-34-22-41-69-72(58)60-44-43-59-56-31-13-20-42-70(56)85-78(59)76(60)84(69)77-74(82-65-37-16-9-27-52(65)53-28-10-17-38-66(53)82)61(45-79)73(81-63-35-14-7-25-50(63)51-26-8-15-36-64(51)81)62(46-80)75(77)83-67-39-18-11-29-54(67)55-30-12-19-40-68(55)83/h3-44H,1-2H2. The summed E-state index contributed by atoms with van der Waals surface area (Å²) in [6, 6.07) is 95.2. The Hall–Kier alpha value is -11.5. The molecule has 5 aromatic heterocycles. The van der Waals surface area contributed by atoms with Crippen LogP contribution in [0.1, 0.15) is 11.1 Å². The molecule has 394 valence electrons. The van der Waals surface area contributed by atoms with Crippen LogP contribution in [0.5, 0.6) is 0 Å². The second-order valence-corrected chi connectivity index (χ2v) is 22.9. The zero-order valence-electron chi connectivity index (χ0n) is 45.8. The van der Waals surface area contributed by atoms with Gasteiger partial charge in [0.25, 0.3) is 0 Å². The summed E-state index contributed by atoms with van der Waals surface area (Å²) >= 11 is 1.77. The first-order chi connectivity index (χ1) is 42.0. The average Bonchev–Trinajstić information content (AvgIpc) is 1.82. The van der Waals surface area contributed by atoms with Gasteiger partial charge >= 0.3 is 0 Å². The normalized spacial score (nSPS) is 11.8. The predicted molar refractivity (Wildman–Crippen MR) is 357 cm³/mol. The molecule has 0 saturated carbocycles. The molecule has 0 radical (unpaired) electrons. The fraction of sp³-hybridized carbons (Fsp3) is 0. The smallest absolute Gasteiger partial charge is 0.104 e. The first kappa shape index (κ1) is 48.2. The second-order valence-electron chi connectivity index (χ2n) is 21.8. The third-order valence-corrected chi connectivity index (χ3v) is 18.7. The third kappa shape index (κ3) is 6.73. The fourth-order valence-corrected chi connectivity index (χ4v) is 15.3. The highest BCUT2D eigenvalue weighted by Gasteiger charge is 2.35. The van der Waals surface area contributed by atoms with E-state index < -0.39 is 0 Å². The van der Waals surface area contributed by atoms with Gasteiger partial charge in [0.15, 0.2) is 0 Å². The summed E-state index contributed by atoms with van der Waals surface area (Å²) in [4.78, 5) is 0. The number of nitrogens with zero attached hydrogens (tertiary/aromatic N) is 6. The molecule has 0 N–H and O–H groups in total. The van der Waals surface area contributed by atoms with Gasteiger partial charge in [0.1, 0.15) is 23.3 Å². The molecular weight excluding hydrogens is 1050 g/mol. The number of para-hydroxylation sites is 6. The van der Waals surface area contributed by atoms with Gasteiger partial charge in [-0.2, -0.15) is 10.5 Å². The lowest BCUT2D eigenvalue weighted by Crippen LogP contribution is -2.17. The van der Waals surface area contributed by atoms with E-state index in [1.54, 1.807) is 11.3 Å². The molecule has 7 heteroatoms. The van der Waals surface area contributed by atoms with Crippen LogP contribution in [-0.2, 0) is 0 Å². The number of aromatic nitrogens is 4. The van der Waals surface area contributed by atoms with E-state index in [1.807, 2.05) is 36.4 Å². The molecule has 0 bridgehead atoms. The van der Waals surface area contributed by atoms with Crippen LogP contribution < -0.4 is 10.4 Å². The SMILES string of the molecule is C=c1ccccccc(=C)c2c(-c3cccc4c3c3ccc5c6ccccc6sc5c3n4-c3c(-n4c5ccccc5c5ccccc54)c(C#N)c(-n4c5ccccc5c5ccccc54)c(C#N)c3-n3c4ccccc4c4ccccc43)cccc12. The zero-order chi connectivity index (χ0) is 56.6. The molecule has 0 amide bonds. The molecule has 12 aromatic carbocycles. The lowest BCUT2D eigenvalue weighted by molar-refractivity contribution is 1.02. The minimum atomic E-state index is 0.351. The molecule has 6 nitrogen and oxygen atoms in total. The van der Waals surface area contributed by atoms with Gasteiger partial charge in [-0.15, -0.1) is 11.3 Å². The highest BCUT2D eigenvalue weighted by Crippen LogP contribution is 2.52. The van der Waals surface area contributed by atoms with Crippen LogP contribution in [0.3, 0.4) is 0 Å². The molecule has 0 unspecified atom stereocenters. The van der Waals surface area contributed by atoms with Gasteiger partial charge in [0.05, 0.1) is 71.6 Å². The van der Waals surface area contributed by atoms with Crippen molar-refractivity contribution in [3.05, 3.63) is 276 Å². The van der Waals surface area contributed by atoms with Crippen LogP contribution in [0.2, 0.25) is 0 Å². The van der Waals surface area contributed by atoms with Crippen LogP contribution in [0.15, 0.2) is 255 Å². The molecule has 5 heterocycles. The quantitative estimate of drug-likeness (QED) is 0.172. The third-order valence-electron chi connectivity index (χ3n) is 17.5. The molecule has 0 spiro atoms. The molecule has 17 rings (SSSR count). The Morgan fingerprint density at radius 1 is 0.282 bits per heavy atom. The summed E-state index contributed by atoms with van der Waals surface area (Å²) in [5, 5.41) is 39.8. The van der Waals surface area contributed by atoms with Crippen LogP contribution in [0.4, 0.5) is 0 Å². The number of rotatable bonds is 5. The fourth-order valence-electron chi connectivity index (χ4n) is 14.1. The lowest BCUT2D eigenvalue weighted by atomic mass is 9.94. The molecule has 0 fully saturated rings. The molecule has 0 saturated heterocycles. The summed E-state index contributed by atoms with van der Waals surface area (Å²) in [5.41, 5.74) is 12.5. The zero-order valence-corrected chi connectivity index (χ0v) is 46.6. The van der Waals surface area contributed by atoms with Crippen molar-refractivity contribution in [2.45, 2.75) is 0 Å². The van der Waals surface area contributed by atoms with Crippen molar-refractivity contribution in [1.29, 1.82) is 10.5 Å². The van der Waals surface area contributed by atoms with Gasteiger partial charge in [-0.25, -0.2) is 0 Å². The minimum Gasteiger partial charge on any atom is -0.306 e. The molecule has 0 aliphatic rings. The molecule has 0 atom stereocenters. The van der Waals surface area contributed by atoms with Crippen molar-refractivity contribution in [1.82, 2.24) is 18.3 Å². The van der Waals surface area contributed by atoms with E-state index in [4.69, 9.17) is 6.58 Å². The molecular formula is C78H46N6S. The lowest BCUT2D eigenvalue weighted by Gasteiger charge is -2.27. The summed E-state index contributed by atoms with van der Waals surface area (Å²) in [6.45, 7) is 9.35. The molecule has 17 aromatic rings. The Morgan fingerprint density at radius 3 is 1.15 bits per heavy atom. The van der Waals surface area contributed by atoms with Crippen molar-refractivity contribution in [2.75, 3.05) is 0 Å². The van der Waals surface area contributed by atoms with Crippen molar-refractivity contribution >= 4 is 143 Å².